The van der Waals surface area contributed by atoms with E-state index in [1.54, 1.807) is 11.8 Å². The molecule has 5 heteroatoms. The van der Waals surface area contributed by atoms with Crippen molar-refractivity contribution in [2.75, 3.05) is 30.0 Å². The molecule has 0 fully saturated rings. The van der Waals surface area contributed by atoms with Crippen molar-refractivity contribution < 1.29 is 0 Å². The van der Waals surface area contributed by atoms with E-state index in [9.17, 15) is 0 Å². The Morgan fingerprint density at radius 1 is 1.20 bits per heavy atom. The van der Waals surface area contributed by atoms with Gasteiger partial charge in [0, 0.05) is 19.2 Å². The van der Waals surface area contributed by atoms with Crippen LogP contribution in [0.1, 0.15) is 41.0 Å². The molecule has 1 heterocycles. The van der Waals surface area contributed by atoms with Gasteiger partial charge in [0.1, 0.15) is 11.6 Å². The van der Waals surface area contributed by atoms with Gasteiger partial charge < -0.3 is 10.6 Å². The third-order valence-corrected chi connectivity index (χ3v) is 4.28. The molecule has 0 radical (unpaired) electrons. The van der Waals surface area contributed by atoms with Crippen LogP contribution in [-0.4, -0.2) is 29.3 Å². The molecule has 0 saturated heterocycles. The highest BCUT2D eigenvalue weighted by Gasteiger charge is 2.22. The van der Waals surface area contributed by atoms with Gasteiger partial charge in [-0.05, 0) is 24.0 Å². The third-order valence-electron chi connectivity index (χ3n) is 3.73. The lowest BCUT2D eigenvalue weighted by atomic mass is 9.81. The average molecular weight is 296 g/mol. The zero-order valence-corrected chi connectivity index (χ0v) is 14.4. The minimum absolute atomic E-state index is 0.238. The SMILES string of the molecule is CCCNc1cc(NCC(C)(C)C(C)C)nc(SC)n1. The Morgan fingerprint density at radius 2 is 1.80 bits per heavy atom. The molecule has 0 aliphatic heterocycles. The second-order valence-electron chi connectivity index (χ2n) is 6.05. The summed E-state index contributed by atoms with van der Waals surface area (Å²) >= 11 is 1.57. The molecular weight excluding hydrogens is 268 g/mol. The Labute approximate surface area is 127 Å². The first-order valence-electron chi connectivity index (χ1n) is 7.30. The topological polar surface area (TPSA) is 49.8 Å². The van der Waals surface area contributed by atoms with E-state index in [0.717, 1.165) is 36.3 Å². The Morgan fingerprint density at radius 3 is 2.30 bits per heavy atom. The second kappa shape index (κ2) is 7.72. The Balaban J connectivity index is 2.78. The first kappa shape index (κ1) is 17.1. The number of hydrogen-bond donors (Lipinski definition) is 2. The normalized spacial score (nSPS) is 11.8. The van der Waals surface area contributed by atoms with E-state index in [1.807, 2.05) is 12.3 Å². The summed E-state index contributed by atoms with van der Waals surface area (Å²) in [5, 5.41) is 7.58. The highest BCUT2D eigenvalue weighted by molar-refractivity contribution is 7.98. The fourth-order valence-electron chi connectivity index (χ4n) is 1.47. The van der Waals surface area contributed by atoms with Gasteiger partial charge in [0.25, 0.3) is 0 Å². The van der Waals surface area contributed by atoms with Crippen LogP contribution in [0.3, 0.4) is 0 Å². The summed E-state index contributed by atoms with van der Waals surface area (Å²) < 4.78 is 0. The number of aromatic nitrogens is 2. The van der Waals surface area contributed by atoms with Crippen LogP contribution in [0.15, 0.2) is 11.2 Å². The molecule has 0 saturated carbocycles. The van der Waals surface area contributed by atoms with Crippen molar-refractivity contribution in [3.8, 4) is 0 Å². The molecule has 0 spiro atoms. The summed E-state index contributed by atoms with van der Waals surface area (Å²) in [6.45, 7) is 13.0. The van der Waals surface area contributed by atoms with Crippen LogP contribution >= 0.6 is 11.8 Å². The van der Waals surface area contributed by atoms with Crippen molar-refractivity contribution in [1.29, 1.82) is 0 Å². The summed E-state index contributed by atoms with van der Waals surface area (Å²) in [7, 11) is 0. The molecule has 1 aromatic heterocycles. The quantitative estimate of drug-likeness (QED) is 0.558. The first-order chi connectivity index (χ1) is 9.39. The van der Waals surface area contributed by atoms with Crippen molar-refractivity contribution in [3.05, 3.63) is 6.07 Å². The third kappa shape index (κ3) is 5.19. The predicted molar refractivity (Wildman–Crippen MR) is 89.7 cm³/mol. The fraction of sp³-hybridized carbons (Fsp3) is 0.733. The molecule has 114 valence electrons. The molecule has 4 nitrogen and oxygen atoms in total. The molecule has 20 heavy (non-hydrogen) atoms. The van der Waals surface area contributed by atoms with Crippen molar-refractivity contribution in [2.45, 2.75) is 46.2 Å². The van der Waals surface area contributed by atoms with Gasteiger partial charge in [0.2, 0.25) is 0 Å². The van der Waals surface area contributed by atoms with Crippen molar-refractivity contribution >= 4 is 23.4 Å². The van der Waals surface area contributed by atoms with Gasteiger partial charge in [-0.25, -0.2) is 9.97 Å². The number of thioether (sulfide) groups is 1. The van der Waals surface area contributed by atoms with E-state index in [2.05, 4.69) is 55.2 Å². The van der Waals surface area contributed by atoms with Gasteiger partial charge in [-0.1, -0.05) is 46.4 Å². The van der Waals surface area contributed by atoms with E-state index in [1.165, 1.54) is 0 Å². The molecule has 0 aromatic carbocycles. The van der Waals surface area contributed by atoms with E-state index < -0.39 is 0 Å². The van der Waals surface area contributed by atoms with E-state index in [0.29, 0.717) is 5.92 Å². The summed E-state index contributed by atoms with van der Waals surface area (Å²) in [5.74, 6) is 2.42. The first-order valence-corrected chi connectivity index (χ1v) is 8.52. The maximum atomic E-state index is 4.52. The van der Waals surface area contributed by atoms with Crippen LogP contribution in [0.2, 0.25) is 0 Å². The Bertz CT molecular complexity index is 418. The molecule has 0 atom stereocenters. The summed E-state index contributed by atoms with van der Waals surface area (Å²) in [6.07, 6.45) is 3.09. The van der Waals surface area contributed by atoms with Crippen LogP contribution < -0.4 is 10.6 Å². The van der Waals surface area contributed by atoms with Gasteiger partial charge in [0.05, 0.1) is 0 Å². The van der Waals surface area contributed by atoms with Crippen LogP contribution in [0.5, 0.6) is 0 Å². The monoisotopic (exact) mass is 296 g/mol. The largest absolute Gasteiger partial charge is 0.370 e. The van der Waals surface area contributed by atoms with E-state index in [-0.39, 0.29) is 5.41 Å². The van der Waals surface area contributed by atoms with Gasteiger partial charge in [-0.2, -0.15) is 0 Å². The van der Waals surface area contributed by atoms with E-state index in [4.69, 9.17) is 0 Å². The molecule has 2 N–H and O–H groups in total. The van der Waals surface area contributed by atoms with Gasteiger partial charge in [-0.15, -0.1) is 0 Å². The molecular formula is C15H28N4S. The van der Waals surface area contributed by atoms with Crippen molar-refractivity contribution in [3.63, 3.8) is 0 Å². The molecule has 1 aromatic rings. The minimum Gasteiger partial charge on any atom is -0.370 e. The van der Waals surface area contributed by atoms with E-state index >= 15 is 0 Å². The molecule has 0 unspecified atom stereocenters. The smallest absolute Gasteiger partial charge is 0.191 e. The zero-order chi connectivity index (χ0) is 15.2. The maximum Gasteiger partial charge on any atom is 0.191 e. The van der Waals surface area contributed by atoms with Crippen molar-refractivity contribution in [2.24, 2.45) is 11.3 Å². The Kier molecular flexibility index (Phi) is 6.59. The zero-order valence-electron chi connectivity index (χ0n) is 13.6. The summed E-state index contributed by atoms with van der Waals surface area (Å²) in [6, 6.07) is 1.99. The lowest BCUT2D eigenvalue weighted by Gasteiger charge is -2.29. The number of hydrogen-bond acceptors (Lipinski definition) is 5. The standard InChI is InChI=1S/C15H28N4S/c1-7-8-16-12-9-13(19-14(18-12)20-6)17-10-15(4,5)11(2)3/h9,11H,7-8,10H2,1-6H3,(H2,16,17,18,19). The Hall–Kier alpha value is -0.970. The number of nitrogens with zero attached hydrogens (tertiary/aromatic N) is 2. The second-order valence-corrected chi connectivity index (χ2v) is 6.82. The number of rotatable bonds is 8. The molecule has 0 aliphatic carbocycles. The molecule has 1 rings (SSSR count). The average Bonchev–Trinajstić information content (AvgIpc) is 2.42. The highest BCUT2D eigenvalue weighted by atomic mass is 32.2. The highest BCUT2D eigenvalue weighted by Crippen LogP contribution is 2.26. The summed E-state index contributed by atoms with van der Waals surface area (Å²) in [4.78, 5) is 8.99. The number of anilines is 2. The molecule has 0 aliphatic rings. The molecule has 0 bridgehead atoms. The van der Waals surface area contributed by atoms with Gasteiger partial charge in [-0.3, -0.25) is 0 Å². The lowest BCUT2D eigenvalue weighted by Crippen LogP contribution is -2.28. The number of nitrogens with one attached hydrogen (secondary N) is 2. The maximum absolute atomic E-state index is 4.52. The van der Waals surface area contributed by atoms with Gasteiger partial charge in [0.15, 0.2) is 5.16 Å². The predicted octanol–water partition coefficient (Wildman–Crippen LogP) is 4.11. The van der Waals surface area contributed by atoms with Crippen LogP contribution in [0.4, 0.5) is 11.6 Å². The van der Waals surface area contributed by atoms with Crippen LogP contribution in [0, 0.1) is 11.3 Å². The lowest BCUT2D eigenvalue weighted by molar-refractivity contribution is 0.269. The van der Waals surface area contributed by atoms with Crippen LogP contribution in [-0.2, 0) is 0 Å². The van der Waals surface area contributed by atoms with Crippen LogP contribution in [0.25, 0.3) is 0 Å². The minimum atomic E-state index is 0.238. The van der Waals surface area contributed by atoms with Gasteiger partial charge >= 0.3 is 0 Å². The molecule has 0 amide bonds. The summed E-state index contributed by atoms with van der Waals surface area (Å²) in [5.41, 5.74) is 0.238. The van der Waals surface area contributed by atoms with Crippen molar-refractivity contribution in [1.82, 2.24) is 9.97 Å². The fourth-order valence-corrected chi connectivity index (χ4v) is 1.85.